The van der Waals surface area contributed by atoms with E-state index in [0.717, 1.165) is 18.3 Å². The Morgan fingerprint density at radius 2 is 1.78 bits per heavy atom. The highest BCUT2D eigenvalue weighted by Crippen LogP contribution is 2.36. The lowest BCUT2D eigenvalue weighted by Crippen LogP contribution is -2.53. The second kappa shape index (κ2) is 10.9. The number of hydrogen-bond acceptors (Lipinski definition) is 8. The van der Waals surface area contributed by atoms with Gasteiger partial charge in [-0.2, -0.15) is 0 Å². The molecular weight excluding hydrogens is 479 g/mol. The van der Waals surface area contributed by atoms with Gasteiger partial charge in [0.25, 0.3) is 0 Å². The Morgan fingerprint density at radius 3 is 2.31 bits per heavy atom. The maximum atomic E-state index is 13.4. The monoisotopic (exact) mass is 520 g/mol. The van der Waals surface area contributed by atoms with Crippen LogP contribution in [0.1, 0.15) is 75.2 Å². The number of likely N-dealkylation sites (tertiary alicyclic amines) is 1. The van der Waals surface area contributed by atoms with Gasteiger partial charge in [-0.3, -0.25) is 4.79 Å². The number of hydrogen-bond donors (Lipinski definition) is 1. The van der Waals surface area contributed by atoms with Crippen LogP contribution in [-0.4, -0.2) is 75.2 Å². The predicted octanol–water partition coefficient (Wildman–Crippen LogP) is 3.41. The summed E-state index contributed by atoms with van der Waals surface area (Å²) in [5, 5.41) is 3.42. The van der Waals surface area contributed by atoms with Crippen molar-refractivity contribution in [3.63, 3.8) is 0 Å². The number of alkyl carbamates (subject to hydrolysis) is 1. The first kappa shape index (κ1) is 28.7. The Hall–Kier alpha value is -1.85. The summed E-state index contributed by atoms with van der Waals surface area (Å²) >= 11 is 1.52. The number of carbonyl (C=O) groups is 2. The number of nitrogens with one attached hydrogen (secondary N) is 1. The van der Waals surface area contributed by atoms with Crippen LogP contribution in [0.15, 0.2) is 17.6 Å². The molecule has 0 aromatic carbocycles. The van der Waals surface area contributed by atoms with E-state index in [0.29, 0.717) is 17.5 Å². The summed E-state index contributed by atoms with van der Waals surface area (Å²) in [4.78, 5) is 36.6. The van der Waals surface area contributed by atoms with Crippen molar-refractivity contribution in [2.24, 2.45) is 5.92 Å². The highest BCUT2D eigenvalue weighted by molar-refractivity contribution is 7.99. The first-order valence-corrected chi connectivity index (χ1v) is 13.7. The third-order valence-corrected chi connectivity index (χ3v) is 7.86. The van der Waals surface area contributed by atoms with Crippen LogP contribution in [0.2, 0.25) is 0 Å². The first-order chi connectivity index (χ1) is 16.6. The molecule has 9 nitrogen and oxygen atoms in total. The number of ether oxygens (including phenoxy) is 1. The number of aromatic nitrogens is 2. The van der Waals surface area contributed by atoms with Crippen LogP contribution < -0.4 is 10.8 Å². The average Bonchev–Trinajstić information content (AvgIpc) is 3.30. The fourth-order valence-corrected chi connectivity index (χ4v) is 5.04. The molecule has 0 bridgehead atoms. The Kier molecular flexibility index (Phi) is 8.67. The molecule has 0 saturated carbocycles. The van der Waals surface area contributed by atoms with E-state index in [1.807, 2.05) is 46.4 Å². The van der Waals surface area contributed by atoms with Crippen LogP contribution in [0, 0.1) is 5.92 Å². The molecule has 0 aliphatic carbocycles. The van der Waals surface area contributed by atoms with Gasteiger partial charge in [0.05, 0.1) is 11.2 Å². The largest absolute Gasteiger partial charge is 0.498 e. The Balaban J connectivity index is 1.58. The summed E-state index contributed by atoms with van der Waals surface area (Å²) in [6.07, 6.45) is 4.75. The molecule has 3 rings (SSSR count). The van der Waals surface area contributed by atoms with E-state index in [4.69, 9.17) is 14.0 Å². The standard InChI is InChI=1S/C25H41BN4O5S/c1-16(2)19(29-22(32)33-23(3,4)5)20(31)30-12-10-11-18(30)15-36-21-27-13-17(14-28-21)26-34-24(6,7)25(8,9)35-26/h13-14,16,18-19H,10-12,15H2,1-9H3,(H,29,32). The molecule has 2 amide bonds. The number of nitrogens with zero attached hydrogens (tertiary/aromatic N) is 3. The minimum absolute atomic E-state index is 0.0514. The summed E-state index contributed by atoms with van der Waals surface area (Å²) in [6, 6.07) is -0.587. The molecule has 2 unspecified atom stereocenters. The summed E-state index contributed by atoms with van der Waals surface area (Å²) in [5.41, 5.74) is -0.686. The Bertz CT molecular complexity index is 919. The Morgan fingerprint density at radius 1 is 1.19 bits per heavy atom. The molecule has 2 saturated heterocycles. The van der Waals surface area contributed by atoms with Gasteiger partial charge < -0.3 is 24.3 Å². The minimum Gasteiger partial charge on any atom is -0.444 e. The summed E-state index contributed by atoms with van der Waals surface area (Å²) in [6.45, 7) is 18.0. The van der Waals surface area contributed by atoms with Crippen molar-refractivity contribution < 1.29 is 23.6 Å². The van der Waals surface area contributed by atoms with Gasteiger partial charge in [-0.05, 0) is 67.2 Å². The normalized spacial score (nSPS) is 22.1. The van der Waals surface area contributed by atoms with Gasteiger partial charge in [0.15, 0.2) is 5.16 Å². The van der Waals surface area contributed by atoms with Gasteiger partial charge in [0.2, 0.25) is 5.91 Å². The zero-order chi connectivity index (χ0) is 26.9. The highest BCUT2D eigenvalue weighted by atomic mass is 32.2. The fraction of sp³-hybridized carbons (Fsp3) is 0.760. The molecule has 1 aromatic rings. The molecule has 0 spiro atoms. The molecular formula is C25H41BN4O5S. The van der Waals surface area contributed by atoms with Crippen molar-refractivity contribution in [1.29, 1.82) is 0 Å². The van der Waals surface area contributed by atoms with Crippen molar-refractivity contribution in [3.8, 4) is 0 Å². The average molecular weight is 521 g/mol. The van der Waals surface area contributed by atoms with E-state index in [1.54, 1.807) is 33.2 Å². The Labute approximate surface area is 220 Å². The van der Waals surface area contributed by atoms with E-state index < -0.39 is 36.1 Å². The van der Waals surface area contributed by atoms with Crippen molar-refractivity contribution in [3.05, 3.63) is 12.4 Å². The molecule has 2 aliphatic heterocycles. The topological polar surface area (TPSA) is 103 Å². The van der Waals surface area contributed by atoms with Crippen LogP contribution in [-0.2, 0) is 18.8 Å². The molecule has 11 heteroatoms. The molecule has 1 N–H and O–H groups in total. The summed E-state index contributed by atoms with van der Waals surface area (Å²) in [7, 11) is -0.498. The number of amides is 2. The lowest BCUT2D eigenvalue weighted by molar-refractivity contribution is -0.135. The van der Waals surface area contributed by atoms with Crippen LogP contribution in [0.4, 0.5) is 4.79 Å². The van der Waals surface area contributed by atoms with Crippen LogP contribution in [0.25, 0.3) is 0 Å². The van der Waals surface area contributed by atoms with Gasteiger partial charge in [0.1, 0.15) is 11.6 Å². The molecule has 36 heavy (non-hydrogen) atoms. The third kappa shape index (κ3) is 6.92. The lowest BCUT2D eigenvalue weighted by atomic mass is 9.81. The second-order valence-corrected chi connectivity index (χ2v) is 12.9. The quantitative estimate of drug-likeness (QED) is 0.332. The zero-order valence-electron chi connectivity index (χ0n) is 23.1. The summed E-state index contributed by atoms with van der Waals surface area (Å²) < 4.78 is 17.5. The van der Waals surface area contributed by atoms with E-state index in [1.165, 1.54) is 11.8 Å². The second-order valence-electron chi connectivity index (χ2n) is 11.9. The van der Waals surface area contributed by atoms with Crippen molar-refractivity contribution in [2.75, 3.05) is 12.3 Å². The molecule has 2 atom stereocenters. The molecule has 200 valence electrons. The van der Waals surface area contributed by atoms with E-state index >= 15 is 0 Å². The first-order valence-electron chi connectivity index (χ1n) is 12.7. The van der Waals surface area contributed by atoms with E-state index in [2.05, 4.69) is 15.3 Å². The van der Waals surface area contributed by atoms with Crippen molar-refractivity contribution in [2.45, 2.75) is 109 Å². The molecule has 3 heterocycles. The van der Waals surface area contributed by atoms with E-state index in [9.17, 15) is 9.59 Å². The zero-order valence-corrected chi connectivity index (χ0v) is 23.9. The maximum absolute atomic E-state index is 13.4. The third-order valence-electron chi connectivity index (χ3n) is 6.84. The van der Waals surface area contributed by atoms with Gasteiger partial charge >= 0.3 is 13.2 Å². The number of carbonyl (C=O) groups excluding carboxylic acids is 2. The molecule has 2 aliphatic rings. The fourth-order valence-electron chi connectivity index (χ4n) is 4.10. The number of thioether (sulfide) groups is 1. The molecule has 2 fully saturated rings. The van der Waals surface area contributed by atoms with Crippen molar-refractivity contribution in [1.82, 2.24) is 20.2 Å². The SMILES string of the molecule is CC(C)C(NC(=O)OC(C)(C)C)C(=O)N1CCCC1CSc1ncc(B2OC(C)(C)C(C)(C)O2)cn1. The van der Waals surface area contributed by atoms with Crippen LogP contribution >= 0.6 is 11.8 Å². The minimum atomic E-state index is -0.638. The van der Waals surface area contributed by atoms with Crippen LogP contribution in [0.3, 0.4) is 0 Å². The van der Waals surface area contributed by atoms with Crippen molar-refractivity contribution >= 4 is 36.3 Å². The van der Waals surface area contributed by atoms with E-state index in [-0.39, 0.29) is 17.9 Å². The van der Waals surface area contributed by atoms with Gasteiger partial charge in [-0.1, -0.05) is 25.6 Å². The predicted molar refractivity (Wildman–Crippen MR) is 141 cm³/mol. The highest BCUT2D eigenvalue weighted by Gasteiger charge is 2.52. The lowest BCUT2D eigenvalue weighted by Gasteiger charge is -2.32. The summed E-state index contributed by atoms with van der Waals surface area (Å²) in [5.74, 6) is 0.541. The number of rotatable bonds is 7. The molecule has 0 radical (unpaired) electrons. The maximum Gasteiger partial charge on any atom is 0.498 e. The van der Waals surface area contributed by atoms with Crippen LogP contribution in [0.5, 0.6) is 0 Å². The van der Waals surface area contributed by atoms with Gasteiger partial charge in [-0.25, -0.2) is 14.8 Å². The van der Waals surface area contributed by atoms with Gasteiger partial charge in [0, 0.05) is 36.2 Å². The smallest absolute Gasteiger partial charge is 0.444 e. The molecule has 1 aromatic heterocycles. The van der Waals surface area contributed by atoms with Gasteiger partial charge in [-0.15, -0.1) is 0 Å².